The van der Waals surface area contributed by atoms with Crippen LogP contribution in [0.5, 0.6) is 0 Å². The smallest absolute Gasteiger partial charge is 0.410 e. The second-order valence-electron chi connectivity index (χ2n) is 13.0. The summed E-state index contributed by atoms with van der Waals surface area (Å²) in [6.07, 6.45) is 6.59. The molecule has 3 heterocycles. The number of nitrogens with zero attached hydrogens (tertiary/aromatic N) is 5. The number of aryl methyl sites for hydroxylation is 1. The number of pyridine rings is 1. The summed E-state index contributed by atoms with van der Waals surface area (Å²) in [7, 11) is -3.46. The van der Waals surface area contributed by atoms with Gasteiger partial charge in [-0.15, -0.1) is 0 Å². The van der Waals surface area contributed by atoms with E-state index in [0.717, 1.165) is 57.3 Å². The van der Waals surface area contributed by atoms with Crippen molar-refractivity contribution in [2.75, 3.05) is 43.8 Å². The van der Waals surface area contributed by atoms with Gasteiger partial charge >= 0.3 is 6.09 Å². The number of unbranched alkanes of at least 4 members (excludes halogenated alkanes) is 1. The molecule has 2 fully saturated rings. The molecule has 11 nitrogen and oxygen atoms in total. The Balaban J connectivity index is 1.16. The summed E-state index contributed by atoms with van der Waals surface area (Å²) >= 11 is 6.25. The Labute approximate surface area is 269 Å². The van der Waals surface area contributed by atoms with Gasteiger partial charge in [-0.2, -0.15) is 4.98 Å². The number of anilines is 2. The Kier molecular flexibility index (Phi) is 10.0. The molecule has 1 saturated heterocycles. The van der Waals surface area contributed by atoms with Crippen LogP contribution in [0.2, 0.25) is 5.02 Å². The summed E-state index contributed by atoms with van der Waals surface area (Å²) < 4.78 is 33.4. The number of amides is 1. The van der Waals surface area contributed by atoms with Crippen molar-refractivity contribution in [1.29, 1.82) is 0 Å². The molecular formula is C32H43ClN6O5S. The van der Waals surface area contributed by atoms with Crippen molar-refractivity contribution in [2.45, 2.75) is 82.8 Å². The minimum Gasteiger partial charge on any atom is -0.444 e. The first-order valence-electron chi connectivity index (χ1n) is 15.7. The minimum absolute atomic E-state index is 0.0575. The zero-order valence-corrected chi connectivity index (χ0v) is 28.1. The first-order valence-corrected chi connectivity index (χ1v) is 17.7. The van der Waals surface area contributed by atoms with Gasteiger partial charge in [0.2, 0.25) is 5.95 Å². The molecule has 2 aliphatic rings. The number of piperazine rings is 1. The number of sulfone groups is 1. The van der Waals surface area contributed by atoms with E-state index in [2.05, 4.69) is 20.2 Å². The van der Waals surface area contributed by atoms with Crippen molar-refractivity contribution in [3.63, 3.8) is 0 Å². The van der Waals surface area contributed by atoms with Crippen LogP contribution in [-0.4, -0.2) is 82.9 Å². The maximum absolute atomic E-state index is 13.1. The highest BCUT2D eigenvalue weighted by Gasteiger charge is 2.26. The van der Waals surface area contributed by atoms with Gasteiger partial charge < -0.3 is 15.0 Å². The van der Waals surface area contributed by atoms with E-state index in [9.17, 15) is 18.0 Å². The number of fused-ring (bicyclic) bond motifs is 1. The van der Waals surface area contributed by atoms with E-state index in [0.29, 0.717) is 42.2 Å². The van der Waals surface area contributed by atoms with Crippen molar-refractivity contribution in [1.82, 2.24) is 24.3 Å². The predicted molar refractivity (Wildman–Crippen MR) is 176 cm³/mol. The number of rotatable bonds is 9. The second-order valence-corrected chi connectivity index (χ2v) is 15.5. The lowest BCUT2D eigenvalue weighted by molar-refractivity contribution is 0.0144. The summed E-state index contributed by atoms with van der Waals surface area (Å²) in [5.41, 5.74) is 1.20. The molecule has 13 heteroatoms. The standard InChI is InChI=1S/C32H43ClN6O5S/c1-22-19-25(45(42,43)18-8-7-13-37-14-16-38(17-15-37)31(41)44-32(2,3)4)11-12-27(22)35-30-34-21-23-20-26(33)29(40)39(28(23)36-30)24-9-5-6-10-24/h11-12,19-21,24H,5-10,13-18H2,1-4H3,(H,34,35,36). The van der Waals surface area contributed by atoms with Gasteiger partial charge in [-0.05, 0) is 89.8 Å². The molecule has 1 N–H and O–H groups in total. The normalized spacial score (nSPS) is 16.8. The molecule has 1 amide bonds. The number of hydrogen-bond acceptors (Lipinski definition) is 9. The Hall–Kier alpha value is -3.22. The lowest BCUT2D eigenvalue weighted by Gasteiger charge is -2.35. The largest absolute Gasteiger partial charge is 0.444 e. The van der Waals surface area contributed by atoms with Crippen LogP contribution in [0.4, 0.5) is 16.4 Å². The van der Waals surface area contributed by atoms with Crippen LogP contribution in [-0.2, 0) is 14.6 Å². The Morgan fingerprint density at radius 3 is 2.47 bits per heavy atom. The summed E-state index contributed by atoms with van der Waals surface area (Å²) in [6, 6.07) is 6.67. The molecule has 1 aromatic carbocycles. The zero-order valence-electron chi connectivity index (χ0n) is 26.5. The Morgan fingerprint density at radius 1 is 1.09 bits per heavy atom. The van der Waals surface area contributed by atoms with Crippen molar-refractivity contribution in [2.24, 2.45) is 0 Å². The van der Waals surface area contributed by atoms with Gasteiger partial charge in [-0.1, -0.05) is 24.4 Å². The molecule has 1 aliphatic carbocycles. The van der Waals surface area contributed by atoms with E-state index in [1.165, 1.54) is 0 Å². The third-order valence-electron chi connectivity index (χ3n) is 8.38. The monoisotopic (exact) mass is 658 g/mol. The van der Waals surface area contributed by atoms with Gasteiger partial charge in [0.25, 0.3) is 5.56 Å². The molecule has 3 aromatic rings. The number of ether oxygens (including phenoxy) is 1. The van der Waals surface area contributed by atoms with E-state index >= 15 is 0 Å². The fourth-order valence-corrected chi connectivity index (χ4v) is 7.62. The van der Waals surface area contributed by atoms with Crippen LogP contribution in [0, 0.1) is 6.92 Å². The van der Waals surface area contributed by atoms with E-state index in [1.807, 2.05) is 27.7 Å². The average molecular weight is 659 g/mol. The van der Waals surface area contributed by atoms with Gasteiger partial charge in [0.1, 0.15) is 16.3 Å². The minimum atomic E-state index is -3.46. The van der Waals surface area contributed by atoms with Crippen LogP contribution in [0.1, 0.15) is 70.9 Å². The molecule has 1 saturated carbocycles. The third-order valence-corrected chi connectivity index (χ3v) is 10.5. The van der Waals surface area contributed by atoms with Crippen LogP contribution in [0.25, 0.3) is 11.0 Å². The number of carbonyl (C=O) groups excluding carboxylic acids is 1. The van der Waals surface area contributed by atoms with Crippen LogP contribution in [0.3, 0.4) is 0 Å². The Bertz CT molecular complexity index is 1710. The van der Waals surface area contributed by atoms with E-state index in [-0.39, 0.29) is 33.4 Å². The van der Waals surface area contributed by atoms with Crippen molar-refractivity contribution >= 4 is 50.2 Å². The lowest BCUT2D eigenvalue weighted by Crippen LogP contribution is -2.50. The summed E-state index contributed by atoms with van der Waals surface area (Å²) in [6.45, 7) is 10.9. The van der Waals surface area contributed by atoms with Crippen LogP contribution in [0.15, 0.2) is 40.2 Å². The molecule has 0 radical (unpaired) electrons. The summed E-state index contributed by atoms with van der Waals surface area (Å²) in [5, 5.41) is 4.05. The number of aromatic nitrogens is 3. The SMILES string of the molecule is Cc1cc(S(=O)(=O)CCCCN2CCN(C(=O)OC(C)(C)C)CC2)ccc1Nc1ncc2cc(Cl)c(=O)n(C3CCCC3)c2n1. The summed E-state index contributed by atoms with van der Waals surface area (Å²) in [5.74, 6) is 0.383. The summed E-state index contributed by atoms with van der Waals surface area (Å²) in [4.78, 5) is 38.6. The molecule has 0 atom stereocenters. The van der Waals surface area contributed by atoms with Crippen LogP contribution < -0.4 is 10.9 Å². The first-order chi connectivity index (χ1) is 21.3. The molecule has 0 unspecified atom stereocenters. The number of hydrogen-bond donors (Lipinski definition) is 1. The predicted octanol–water partition coefficient (Wildman–Crippen LogP) is 5.72. The molecule has 45 heavy (non-hydrogen) atoms. The first kappa shape index (κ1) is 33.2. The topological polar surface area (TPSA) is 127 Å². The van der Waals surface area contributed by atoms with Gasteiger partial charge in [-0.25, -0.2) is 18.2 Å². The lowest BCUT2D eigenvalue weighted by atomic mass is 10.2. The molecule has 2 aromatic heterocycles. The maximum atomic E-state index is 13.1. The zero-order chi connectivity index (χ0) is 32.4. The molecule has 244 valence electrons. The number of benzene rings is 1. The quantitative estimate of drug-likeness (QED) is 0.287. The number of carbonyl (C=O) groups is 1. The van der Waals surface area contributed by atoms with E-state index in [4.69, 9.17) is 16.3 Å². The van der Waals surface area contributed by atoms with Gasteiger partial charge in [0.05, 0.1) is 10.6 Å². The highest BCUT2D eigenvalue weighted by molar-refractivity contribution is 7.91. The molecule has 1 aliphatic heterocycles. The molecular weight excluding hydrogens is 616 g/mol. The second kappa shape index (κ2) is 13.6. The van der Waals surface area contributed by atoms with Crippen molar-refractivity contribution in [3.05, 3.63) is 51.4 Å². The number of halogens is 1. The highest BCUT2D eigenvalue weighted by Crippen LogP contribution is 2.31. The van der Waals surface area contributed by atoms with Gasteiger partial charge in [0, 0.05) is 49.5 Å². The third kappa shape index (κ3) is 8.14. The Morgan fingerprint density at radius 2 is 1.80 bits per heavy atom. The highest BCUT2D eigenvalue weighted by atomic mass is 35.5. The molecule has 5 rings (SSSR count). The number of nitrogens with one attached hydrogen (secondary N) is 1. The van der Waals surface area contributed by atoms with Crippen LogP contribution >= 0.6 is 11.6 Å². The van der Waals surface area contributed by atoms with Crippen molar-refractivity contribution in [3.8, 4) is 0 Å². The average Bonchev–Trinajstić information content (AvgIpc) is 3.51. The molecule has 0 bridgehead atoms. The van der Waals surface area contributed by atoms with Crippen molar-refractivity contribution < 1.29 is 17.9 Å². The fraction of sp³-hybridized carbons (Fsp3) is 0.562. The fourth-order valence-electron chi connectivity index (χ4n) is 5.96. The van der Waals surface area contributed by atoms with E-state index in [1.54, 1.807) is 39.9 Å². The molecule has 0 spiro atoms. The van der Waals surface area contributed by atoms with Gasteiger partial charge in [-0.3, -0.25) is 14.3 Å². The maximum Gasteiger partial charge on any atom is 0.410 e. The van der Waals surface area contributed by atoms with Gasteiger partial charge in [0.15, 0.2) is 9.84 Å². The van der Waals surface area contributed by atoms with E-state index < -0.39 is 15.4 Å².